The van der Waals surface area contributed by atoms with Gasteiger partial charge in [-0.05, 0) is 56.7 Å². The number of ether oxygens (including phenoxy) is 3. The summed E-state index contributed by atoms with van der Waals surface area (Å²) >= 11 is 6.41. The van der Waals surface area contributed by atoms with Crippen molar-refractivity contribution in [2.75, 3.05) is 25.6 Å². The fourth-order valence-electron chi connectivity index (χ4n) is 5.63. The lowest BCUT2D eigenvalue weighted by Crippen LogP contribution is -2.57. The average Bonchev–Trinajstić information content (AvgIpc) is 3.25. The van der Waals surface area contributed by atoms with Gasteiger partial charge in [-0.2, -0.15) is 0 Å². The van der Waals surface area contributed by atoms with E-state index in [1.54, 1.807) is 25.6 Å². The molecule has 1 atom stereocenters. The number of aromatic amines is 1. The first-order chi connectivity index (χ1) is 18.1. The van der Waals surface area contributed by atoms with E-state index in [0.29, 0.717) is 40.1 Å². The van der Waals surface area contributed by atoms with Gasteiger partial charge in [0, 0.05) is 36.0 Å². The number of para-hydroxylation sites is 1. The summed E-state index contributed by atoms with van der Waals surface area (Å²) in [6.07, 6.45) is 10.6. The summed E-state index contributed by atoms with van der Waals surface area (Å²) in [6, 6.07) is 7.41. The summed E-state index contributed by atoms with van der Waals surface area (Å²) in [4.78, 5) is 21.4. The lowest BCUT2D eigenvalue weighted by atomic mass is 9.71. The van der Waals surface area contributed by atoms with Crippen LogP contribution in [-0.4, -0.2) is 47.8 Å². The van der Waals surface area contributed by atoms with Crippen LogP contribution in [0.25, 0.3) is 11.3 Å². The number of aromatic nitrogens is 2. The number of nitrogens with one attached hydrogen (secondary N) is 3. The molecule has 3 aromatic rings. The Morgan fingerprint density at radius 2 is 2.14 bits per heavy atom. The molecule has 2 fully saturated rings. The van der Waals surface area contributed by atoms with Crippen LogP contribution in [-0.2, 0) is 11.2 Å². The van der Waals surface area contributed by atoms with Crippen LogP contribution in [0.4, 0.5) is 11.4 Å². The van der Waals surface area contributed by atoms with E-state index in [2.05, 4.69) is 20.6 Å². The number of benzene rings is 1. The Morgan fingerprint density at radius 3 is 2.89 bits per heavy atom. The van der Waals surface area contributed by atoms with Gasteiger partial charge < -0.3 is 29.8 Å². The molecular weight excluding hydrogens is 492 g/mol. The van der Waals surface area contributed by atoms with Gasteiger partial charge in [-0.1, -0.05) is 17.7 Å². The van der Waals surface area contributed by atoms with Gasteiger partial charge in [0.15, 0.2) is 5.75 Å². The number of fused-ring (bicyclic) bond motifs is 1. The Hall–Kier alpha value is -3.23. The molecule has 1 amide bonds. The summed E-state index contributed by atoms with van der Waals surface area (Å²) in [7, 11) is 1.58. The zero-order valence-electron chi connectivity index (χ0n) is 20.9. The fourth-order valence-corrected chi connectivity index (χ4v) is 5.88. The molecule has 3 aliphatic rings. The van der Waals surface area contributed by atoms with Crippen LogP contribution in [0.1, 0.15) is 54.6 Å². The minimum atomic E-state index is -0.160. The number of hydrogen-bond acceptors (Lipinski definition) is 6. The summed E-state index contributed by atoms with van der Waals surface area (Å²) in [5.74, 6) is 1.06. The first kappa shape index (κ1) is 24.1. The zero-order valence-corrected chi connectivity index (χ0v) is 21.6. The van der Waals surface area contributed by atoms with E-state index in [1.807, 2.05) is 18.2 Å². The molecule has 2 aromatic heterocycles. The van der Waals surface area contributed by atoms with Crippen molar-refractivity contribution in [2.45, 2.75) is 56.6 Å². The second kappa shape index (κ2) is 9.91. The topological polar surface area (TPSA) is 97.5 Å². The van der Waals surface area contributed by atoms with Crippen molar-refractivity contribution in [1.82, 2.24) is 15.3 Å². The van der Waals surface area contributed by atoms with Gasteiger partial charge in [0.2, 0.25) is 0 Å². The Morgan fingerprint density at radius 1 is 1.24 bits per heavy atom. The molecule has 37 heavy (non-hydrogen) atoms. The van der Waals surface area contributed by atoms with Crippen molar-refractivity contribution in [3.8, 4) is 22.8 Å². The number of H-pyrrole nitrogens is 1. The number of carbonyl (C=O) groups is 1. The highest BCUT2D eigenvalue weighted by molar-refractivity contribution is 6.32. The minimum absolute atomic E-state index is 0.0659. The Bertz CT molecular complexity index is 1310. The van der Waals surface area contributed by atoms with Crippen LogP contribution >= 0.6 is 11.6 Å². The Kier molecular flexibility index (Phi) is 6.46. The van der Waals surface area contributed by atoms with Crippen LogP contribution in [0.15, 0.2) is 36.7 Å². The SMILES string of the molecule is COc1c(Cl)cccc1Nc1c(-c2ccncc2OC[C@@H]2CCCCO2)[nH]c2c1C(=O)NC1(CCC1)C2. The van der Waals surface area contributed by atoms with Gasteiger partial charge in [-0.3, -0.25) is 9.78 Å². The molecule has 1 saturated heterocycles. The van der Waals surface area contributed by atoms with Crippen LogP contribution in [0.3, 0.4) is 0 Å². The second-order valence-electron chi connectivity index (χ2n) is 10.1. The maximum atomic E-state index is 13.5. The lowest BCUT2D eigenvalue weighted by molar-refractivity contribution is -0.0110. The highest BCUT2D eigenvalue weighted by atomic mass is 35.5. The molecular formula is C28H31ClN4O4. The normalized spacial score (nSPS) is 20.1. The number of methoxy groups -OCH3 is 1. The molecule has 0 bridgehead atoms. The molecule has 8 nitrogen and oxygen atoms in total. The lowest BCUT2D eigenvalue weighted by Gasteiger charge is -2.45. The largest absolute Gasteiger partial charge is 0.493 e. The van der Waals surface area contributed by atoms with Crippen molar-refractivity contribution >= 4 is 28.9 Å². The third-order valence-corrected chi connectivity index (χ3v) is 7.99. The van der Waals surface area contributed by atoms with Gasteiger partial charge in [0.05, 0.1) is 47.1 Å². The van der Waals surface area contributed by atoms with Crippen molar-refractivity contribution in [3.05, 3.63) is 52.9 Å². The van der Waals surface area contributed by atoms with Crippen LogP contribution in [0.2, 0.25) is 5.02 Å². The van der Waals surface area contributed by atoms with E-state index in [4.69, 9.17) is 25.8 Å². The van der Waals surface area contributed by atoms with E-state index in [9.17, 15) is 4.79 Å². The summed E-state index contributed by atoms with van der Waals surface area (Å²) in [5, 5.41) is 7.23. The smallest absolute Gasteiger partial charge is 0.255 e. The summed E-state index contributed by atoms with van der Waals surface area (Å²) in [5.41, 5.74) is 4.27. The quantitative estimate of drug-likeness (QED) is 0.371. The van der Waals surface area contributed by atoms with Crippen LogP contribution < -0.4 is 20.1 Å². The molecule has 3 N–H and O–H groups in total. The first-order valence-electron chi connectivity index (χ1n) is 12.9. The zero-order chi connectivity index (χ0) is 25.4. The number of amides is 1. The highest BCUT2D eigenvalue weighted by Crippen LogP contribution is 2.46. The van der Waals surface area contributed by atoms with Gasteiger partial charge in [-0.15, -0.1) is 0 Å². The van der Waals surface area contributed by atoms with Crippen LogP contribution in [0.5, 0.6) is 11.5 Å². The molecule has 194 valence electrons. The molecule has 9 heteroatoms. The maximum absolute atomic E-state index is 13.5. The predicted octanol–water partition coefficient (Wildman–Crippen LogP) is 5.64. The number of nitrogens with zero attached hydrogens (tertiary/aromatic N) is 1. The number of halogens is 1. The molecule has 6 rings (SSSR count). The molecule has 0 unspecified atom stereocenters. The summed E-state index contributed by atoms with van der Waals surface area (Å²) < 4.78 is 17.7. The number of anilines is 2. The number of pyridine rings is 1. The van der Waals surface area contributed by atoms with E-state index >= 15 is 0 Å². The van der Waals surface area contributed by atoms with Crippen LogP contribution in [0, 0.1) is 0 Å². The van der Waals surface area contributed by atoms with Gasteiger partial charge in [-0.25, -0.2) is 0 Å². The van der Waals surface area contributed by atoms with Gasteiger partial charge in [0.1, 0.15) is 12.4 Å². The van der Waals surface area contributed by atoms with Crippen molar-refractivity contribution in [2.24, 2.45) is 0 Å². The number of hydrogen-bond donors (Lipinski definition) is 3. The predicted molar refractivity (Wildman–Crippen MR) is 142 cm³/mol. The van der Waals surface area contributed by atoms with E-state index in [0.717, 1.165) is 68.5 Å². The summed E-state index contributed by atoms with van der Waals surface area (Å²) in [6.45, 7) is 1.22. The average molecular weight is 523 g/mol. The van der Waals surface area contributed by atoms with Crippen molar-refractivity contribution in [3.63, 3.8) is 0 Å². The van der Waals surface area contributed by atoms with Gasteiger partial charge in [0.25, 0.3) is 5.91 Å². The fraction of sp³-hybridized carbons (Fsp3) is 0.429. The number of rotatable bonds is 7. The third-order valence-electron chi connectivity index (χ3n) is 7.69. The molecule has 1 aromatic carbocycles. The first-order valence-corrected chi connectivity index (χ1v) is 13.3. The maximum Gasteiger partial charge on any atom is 0.255 e. The molecule has 2 aliphatic heterocycles. The Labute approximate surface area is 221 Å². The number of carbonyl (C=O) groups excluding carboxylic acids is 1. The van der Waals surface area contributed by atoms with Crippen molar-refractivity contribution in [1.29, 1.82) is 0 Å². The Balaban J connectivity index is 1.42. The van der Waals surface area contributed by atoms with E-state index in [1.165, 1.54) is 0 Å². The van der Waals surface area contributed by atoms with Crippen molar-refractivity contribution < 1.29 is 19.0 Å². The van der Waals surface area contributed by atoms with Gasteiger partial charge >= 0.3 is 0 Å². The molecule has 1 spiro atoms. The standard InChI is InChI=1S/C28H31ClN4O4/c1-35-26-19(29)7-4-8-20(26)31-25-23-21(14-28(10-5-11-28)33-27(23)34)32-24(25)18-9-12-30-15-22(18)37-16-17-6-2-3-13-36-17/h4,7-9,12,15,17,31-32H,2-3,5-6,10-11,13-14,16H2,1H3,(H,33,34)/t17-/m0/s1. The molecule has 0 radical (unpaired) electrons. The molecule has 1 saturated carbocycles. The minimum Gasteiger partial charge on any atom is -0.493 e. The monoisotopic (exact) mass is 522 g/mol. The highest BCUT2D eigenvalue weighted by Gasteiger charge is 2.45. The third kappa shape index (κ3) is 4.53. The van der Waals surface area contributed by atoms with E-state index in [-0.39, 0.29) is 17.6 Å². The second-order valence-corrected chi connectivity index (χ2v) is 10.5. The molecule has 4 heterocycles. The van der Waals surface area contributed by atoms with E-state index < -0.39 is 0 Å². The molecule has 1 aliphatic carbocycles.